The zero-order valence-electron chi connectivity index (χ0n) is 11.7. The number of amides is 1. The summed E-state index contributed by atoms with van der Waals surface area (Å²) < 4.78 is 0. The monoisotopic (exact) mass is 315 g/mol. The minimum absolute atomic E-state index is 0.100. The van der Waals surface area contributed by atoms with Crippen LogP contribution in [-0.2, 0) is 6.54 Å². The Morgan fingerprint density at radius 2 is 2.09 bits per heavy atom. The van der Waals surface area contributed by atoms with Gasteiger partial charge in [0.1, 0.15) is 5.15 Å². The van der Waals surface area contributed by atoms with Gasteiger partial charge in [-0.1, -0.05) is 11.6 Å². The number of nitrogens with zero attached hydrogens (tertiary/aromatic N) is 3. The smallest absolute Gasteiger partial charge is 0.259 e. The maximum Gasteiger partial charge on any atom is 0.259 e. The molecule has 112 valence electrons. The number of carbonyl (C=O) groups is 1. The van der Waals surface area contributed by atoms with Gasteiger partial charge in [-0.25, -0.2) is 4.98 Å². The van der Waals surface area contributed by atoms with E-state index in [0.29, 0.717) is 34.6 Å². The molecule has 2 aromatic heterocycles. The van der Waals surface area contributed by atoms with Crippen LogP contribution in [0.3, 0.4) is 0 Å². The lowest BCUT2D eigenvalue weighted by Gasteiger charge is -2.16. The van der Waals surface area contributed by atoms with E-state index in [1.165, 1.54) is 6.20 Å². The van der Waals surface area contributed by atoms with Crippen LogP contribution in [0.5, 0.6) is 0 Å². The number of hydrogen-bond donors (Lipinski definition) is 1. The first-order valence-corrected chi connectivity index (χ1v) is 7.62. The number of pyridine rings is 2. The van der Waals surface area contributed by atoms with Crippen molar-refractivity contribution in [3.63, 3.8) is 0 Å². The van der Waals surface area contributed by atoms with Gasteiger partial charge < -0.3 is 10.0 Å². The molecular formula is C16H14ClN3O2. The van der Waals surface area contributed by atoms with Crippen LogP contribution in [0, 0.1) is 5.92 Å². The van der Waals surface area contributed by atoms with Crippen molar-refractivity contribution in [2.24, 2.45) is 5.92 Å². The number of aliphatic hydroxyl groups excluding tert-OH is 1. The Morgan fingerprint density at radius 3 is 2.73 bits per heavy atom. The molecule has 0 saturated heterocycles. The number of aromatic nitrogens is 2. The minimum Gasteiger partial charge on any atom is -0.387 e. The zero-order valence-corrected chi connectivity index (χ0v) is 12.5. The summed E-state index contributed by atoms with van der Waals surface area (Å²) in [4.78, 5) is 22.4. The van der Waals surface area contributed by atoms with E-state index in [-0.39, 0.29) is 5.91 Å². The number of carbonyl (C=O) groups excluding carboxylic acids is 1. The van der Waals surface area contributed by atoms with Crippen LogP contribution >= 0.6 is 11.6 Å². The fraction of sp³-hybridized carbons (Fsp3) is 0.312. The maximum absolute atomic E-state index is 12.4. The molecule has 0 bridgehead atoms. The molecule has 1 amide bonds. The number of hydrogen-bond acceptors (Lipinski definition) is 4. The topological polar surface area (TPSA) is 66.3 Å². The fourth-order valence-electron chi connectivity index (χ4n) is 2.79. The standard InChI is InChI=1S/C16H14ClN3O2/c17-15-12-8-20(16(22)11(12)5-6-18-15)10-3-4-13(19-7-10)14(21)9-1-2-9/h3-7,9,14,21H,1-2,8H2. The molecule has 2 aromatic rings. The lowest BCUT2D eigenvalue weighted by Crippen LogP contribution is -2.23. The van der Waals surface area contributed by atoms with Crippen LogP contribution in [-0.4, -0.2) is 21.0 Å². The summed E-state index contributed by atoms with van der Waals surface area (Å²) in [5, 5.41) is 10.4. The highest BCUT2D eigenvalue weighted by molar-refractivity contribution is 6.31. The summed E-state index contributed by atoms with van der Waals surface area (Å²) in [7, 11) is 0. The second-order valence-corrected chi connectivity index (χ2v) is 6.10. The van der Waals surface area contributed by atoms with Crippen molar-refractivity contribution in [2.45, 2.75) is 25.5 Å². The molecule has 1 fully saturated rings. The third-order valence-electron chi connectivity index (χ3n) is 4.25. The molecule has 1 unspecified atom stereocenters. The summed E-state index contributed by atoms with van der Waals surface area (Å²) in [5.74, 6) is 0.234. The van der Waals surface area contributed by atoms with Gasteiger partial charge in [0.15, 0.2) is 0 Å². The second-order valence-electron chi connectivity index (χ2n) is 5.74. The lowest BCUT2D eigenvalue weighted by atomic mass is 10.1. The van der Waals surface area contributed by atoms with Gasteiger partial charge in [-0.15, -0.1) is 0 Å². The van der Waals surface area contributed by atoms with E-state index in [1.807, 2.05) is 6.07 Å². The highest BCUT2D eigenvalue weighted by Crippen LogP contribution is 2.40. The summed E-state index contributed by atoms with van der Waals surface area (Å²) in [6, 6.07) is 5.29. The fourth-order valence-corrected chi connectivity index (χ4v) is 3.00. The Morgan fingerprint density at radius 1 is 1.27 bits per heavy atom. The van der Waals surface area contributed by atoms with Gasteiger partial charge in [-0.2, -0.15) is 0 Å². The predicted molar refractivity (Wildman–Crippen MR) is 81.7 cm³/mol. The molecule has 1 aliphatic heterocycles. The first-order chi connectivity index (χ1) is 10.6. The number of fused-ring (bicyclic) bond motifs is 1. The number of halogens is 1. The first kappa shape index (κ1) is 13.7. The number of anilines is 1. The molecule has 1 saturated carbocycles. The van der Waals surface area contributed by atoms with Crippen LogP contribution in [0.1, 0.15) is 40.6 Å². The zero-order chi connectivity index (χ0) is 15.3. The van der Waals surface area contributed by atoms with E-state index in [1.54, 1.807) is 23.2 Å². The van der Waals surface area contributed by atoms with Gasteiger partial charge >= 0.3 is 0 Å². The molecule has 5 nitrogen and oxygen atoms in total. The van der Waals surface area contributed by atoms with Gasteiger partial charge in [-0.05, 0) is 37.0 Å². The molecule has 0 radical (unpaired) electrons. The van der Waals surface area contributed by atoms with Crippen LogP contribution in [0.25, 0.3) is 0 Å². The van der Waals surface area contributed by atoms with E-state index in [2.05, 4.69) is 9.97 Å². The van der Waals surface area contributed by atoms with Gasteiger partial charge in [0.05, 0.1) is 30.2 Å². The van der Waals surface area contributed by atoms with Crippen molar-refractivity contribution in [3.8, 4) is 0 Å². The molecule has 1 atom stereocenters. The Hall–Kier alpha value is -1.98. The van der Waals surface area contributed by atoms with Crippen LogP contribution < -0.4 is 4.90 Å². The predicted octanol–water partition coefficient (Wildman–Crippen LogP) is 2.73. The Balaban J connectivity index is 1.61. The summed E-state index contributed by atoms with van der Waals surface area (Å²) in [6.45, 7) is 0.396. The molecule has 0 spiro atoms. The van der Waals surface area contributed by atoms with Crippen LogP contribution in [0.15, 0.2) is 30.6 Å². The largest absolute Gasteiger partial charge is 0.387 e. The Kier molecular flexibility index (Phi) is 3.13. The average molecular weight is 316 g/mol. The highest BCUT2D eigenvalue weighted by Gasteiger charge is 2.33. The quantitative estimate of drug-likeness (QED) is 0.884. The van der Waals surface area contributed by atoms with Crippen molar-refractivity contribution in [3.05, 3.63) is 52.6 Å². The van der Waals surface area contributed by atoms with Gasteiger partial charge in [-0.3, -0.25) is 9.78 Å². The second kappa shape index (κ2) is 5.04. The van der Waals surface area contributed by atoms with Crippen molar-refractivity contribution < 1.29 is 9.90 Å². The van der Waals surface area contributed by atoms with Crippen LogP contribution in [0.2, 0.25) is 5.15 Å². The molecule has 1 aliphatic carbocycles. The van der Waals surface area contributed by atoms with E-state index < -0.39 is 6.10 Å². The van der Waals surface area contributed by atoms with Crippen LogP contribution in [0.4, 0.5) is 5.69 Å². The van der Waals surface area contributed by atoms with Gasteiger partial charge in [0.25, 0.3) is 5.91 Å². The van der Waals surface area contributed by atoms with E-state index in [0.717, 1.165) is 18.4 Å². The minimum atomic E-state index is -0.501. The molecule has 2 aliphatic rings. The normalized spacial score (nSPS) is 18.5. The van der Waals surface area contributed by atoms with Crippen molar-refractivity contribution in [2.75, 3.05) is 4.90 Å². The summed E-state index contributed by atoms with van der Waals surface area (Å²) in [5.41, 5.74) is 2.69. The average Bonchev–Trinajstić information content (AvgIpc) is 3.32. The number of rotatable bonds is 3. The molecule has 6 heteroatoms. The third-order valence-corrected chi connectivity index (χ3v) is 4.57. The maximum atomic E-state index is 12.4. The van der Waals surface area contributed by atoms with Gasteiger partial charge in [0.2, 0.25) is 0 Å². The van der Waals surface area contributed by atoms with Crippen molar-refractivity contribution in [1.82, 2.24) is 9.97 Å². The molecule has 22 heavy (non-hydrogen) atoms. The molecule has 4 rings (SSSR count). The first-order valence-electron chi connectivity index (χ1n) is 7.24. The molecular weight excluding hydrogens is 302 g/mol. The van der Waals surface area contributed by atoms with E-state index in [4.69, 9.17) is 11.6 Å². The molecule has 3 heterocycles. The van der Waals surface area contributed by atoms with E-state index in [9.17, 15) is 9.90 Å². The number of aliphatic hydroxyl groups is 1. The Bertz CT molecular complexity index is 744. The molecule has 1 N–H and O–H groups in total. The summed E-state index contributed by atoms with van der Waals surface area (Å²) in [6.07, 6.45) is 4.77. The Labute approximate surface area is 132 Å². The molecule has 0 aromatic carbocycles. The highest BCUT2D eigenvalue weighted by atomic mass is 35.5. The van der Waals surface area contributed by atoms with E-state index >= 15 is 0 Å². The van der Waals surface area contributed by atoms with Crippen molar-refractivity contribution in [1.29, 1.82) is 0 Å². The lowest BCUT2D eigenvalue weighted by molar-refractivity contribution is 0.0996. The summed E-state index contributed by atoms with van der Waals surface area (Å²) >= 11 is 6.06. The third kappa shape index (κ3) is 2.17. The van der Waals surface area contributed by atoms with Gasteiger partial charge in [0, 0.05) is 17.3 Å². The van der Waals surface area contributed by atoms with Crippen molar-refractivity contribution >= 4 is 23.2 Å². The SMILES string of the molecule is O=C1c2ccnc(Cl)c2CN1c1ccc(C(O)C2CC2)nc1.